The van der Waals surface area contributed by atoms with Crippen molar-refractivity contribution in [2.75, 3.05) is 0 Å². The van der Waals surface area contributed by atoms with Gasteiger partial charge in [-0.25, -0.2) is 5.10 Å². The summed E-state index contributed by atoms with van der Waals surface area (Å²) in [4.78, 5) is 38.3. The number of hydrogen-bond acceptors (Lipinski definition) is 9. The minimum Gasteiger partial charge on any atom is -0.361 e. The van der Waals surface area contributed by atoms with E-state index in [0.29, 0.717) is 0 Å². The molecule has 0 N–H and O–H groups in total. The van der Waals surface area contributed by atoms with Crippen LogP contribution < -0.4 is 0 Å². The monoisotopic (exact) mass is 276 g/mol. The van der Waals surface area contributed by atoms with E-state index >= 15 is 0 Å². The minimum atomic E-state index is -1.47. The molecule has 1 aromatic heterocycles. The summed E-state index contributed by atoms with van der Waals surface area (Å²) in [5.41, 5.74) is 3.40. The Hall–Kier alpha value is -3.59. The van der Waals surface area contributed by atoms with E-state index in [1.807, 2.05) is 0 Å². The third-order valence-electron chi connectivity index (χ3n) is 1.49. The van der Waals surface area contributed by atoms with Gasteiger partial charge >= 0.3 is 5.82 Å². The van der Waals surface area contributed by atoms with Crippen LogP contribution in [0.15, 0.2) is 0 Å². The third kappa shape index (κ3) is 2.75. The van der Waals surface area contributed by atoms with E-state index in [4.69, 9.17) is 0 Å². The van der Waals surface area contributed by atoms with Gasteiger partial charge < -0.3 is 35.8 Å². The third-order valence-corrected chi connectivity index (χ3v) is 1.49. The topological polar surface area (TPSA) is 219 Å². The quantitative estimate of drug-likeness (QED) is 0.511. The Kier molecular flexibility index (Phi) is 3.35. The normalized spacial score (nSPS) is 9.68. The Labute approximate surface area is 99.7 Å². The molecule has 0 saturated heterocycles. The maximum absolute atomic E-state index is 10.6. The van der Waals surface area contributed by atoms with Crippen LogP contribution in [0.2, 0.25) is 0 Å². The molecule has 0 saturated carbocycles. The molecule has 0 aliphatic carbocycles. The fourth-order valence-electron chi connectivity index (χ4n) is 0.964. The van der Waals surface area contributed by atoms with Crippen molar-refractivity contribution in [3.05, 3.63) is 51.4 Å². The molecule has 0 atom stereocenters. The molecule has 0 radical (unpaired) electrons. The molecule has 0 unspecified atom stereocenters. The van der Waals surface area contributed by atoms with Gasteiger partial charge in [0, 0.05) is 0 Å². The lowest BCUT2D eigenvalue weighted by molar-refractivity contribution is -0.442. The molecule has 16 nitrogen and oxygen atoms in total. The van der Waals surface area contributed by atoms with Crippen molar-refractivity contribution in [2.24, 2.45) is 0 Å². The summed E-state index contributed by atoms with van der Waals surface area (Å²) in [5, 5.41) is 41.2. The van der Waals surface area contributed by atoms with Gasteiger partial charge in [-0.2, -0.15) is 0 Å². The predicted molar refractivity (Wildman–Crippen MR) is 51.3 cm³/mol. The van der Waals surface area contributed by atoms with Crippen LogP contribution in [0.1, 0.15) is 0 Å². The molecule has 19 heavy (non-hydrogen) atoms. The second-order valence-corrected chi connectivity index (χ2v) is 2.56. The Morgan fingerprint density at radius 2 is 1.53 bits per heavy atom. The second-order valence-electron chi connectivity index (χ2n) is 2.56. The summed E-state index contributed by atoms with van der Waals surface area (Å²) in [6.07, 6.45) is 0. The standard InChI is InChI=1S/C3N8O8/c12-8(13)2-1(4-10(16)17)3(9(14)15)7(5-2)6-11(18)19/q-2. The van der Waals surface area contributed by atoms with Gasteiger partial charge in [0.1, 0.15) is 0 Å². The molecule has 0 aromatic carbocycles. The first kappa shape index (κ1) is 13.5. The van der Waals surface area contributed by atoms with Crippen molar-refractivity contribution in [1.29, 1.82) is 0 Å². The Balaban J connectivity index is 3.49. The van der Waals surface area contributed by atoms with Crippen molar-refractivity contribution in [2.45, 2.75) is 0 Å². The first-order valence-corrected chi connectivity index (χ1v) is 3.88. The van der Waals surface area contributed by atoms with Crippen LogP contribution in [0.4, 0.5) is 17.3 Å². The zero-order valence-corrected chi connectivity index (χ0v) is 8.34. The Bertz CT molecular complexity index is 575. The van der Waals surface area contributed by atoms with E-state index in [-0.39, 0.29) is 4.79 Å². The van der Waals surface area contributed by atoms with E-state index in [9.17, 15) is 40.5 Å². The van der Waals surface area contributed by atoms with Gasteiger partial charge in [-0.15, -0.1) is 4.79 Å². The van der Waals surface area contributed by atoms with Gasteiger partial charge in [0.05, 0.1) is 5.69 Å². The summed E-state index contributed by atoms with van der Waals surface area (Å²) in [7, 11) is 0. The van der Waals surface area contributed by atoms with Gasteiger partial charge in [0.15, 0.2) is 5.82 Å². The average Bonchev–Trinajstić information content (AvgIpc) is 2.54. The van der Waals surface area contributed by atoms with Crippen molar-refractivity contribution >= 4 is 17.3 Å². The lowest BCUT2D eigenvalue weighted by atomic mass is 10.5. The Morgan fingerprint density at radius 1 is 0.947 bits per heavy atom. The summed E-state index contributed by atoms with van der Waals surface area (Å²) in [5.74, 6) is -2.88. The zero-order chi connectivity index (χ0) is 14.7. The van der Waals surface area contributed by atoms with E-state index < -0.39 is 37.2 Å². The fourth-order valence-corrected chi connectivity index (χ4v) is 0.964. The first-order valence-electron chi connectivity index (χ1n) is 3.88. The SMILES string of the molecule is O=[N+]([O-])[N-]c1c([N+](=O)[O-])nn([N-][N+](=O)[O-])c1[N+](=O)[O-]. The van der Waals surface area contributed by atoms with Crippen LogP contribution in [0.3, 0.4) is 0 Å². The van der Waals surface area contributed by atoms with Crippen molar-refractivity contribution < 1.29 is 19.9 Å². The molecule has 1 aromatic rings. The molecule has 1 heterocycles. The van der Waals surface area contributed by atoms with Crippen LogP contribution in [-0.4, -0.2) is 29.8 Å². The highest BCUT2D eigenvalue weighted by atomic mass is 16.7. The maximum atomic E-state index is 10.6. The van der Waals surface area contributed by atoms with E-state index in [0.717, 1.165) is 0 Å². The van der Waals surface area contributed by atoms with Crippen molar-refractivity contribution in [1.82, 2.24) is 9.89 Å². The van der Waals surface area contributed by atoms with Gasteiger partial charge in [-0.05, 0) is 15.0 Å². The van der Waals surface area contributed by atoms with Crippen LogP contribution in [0.25, 0.3) is 11.0 Å². The molecular weight excluding hydrogens is 276 g/mol. The first-order chi connectivity index (χ1) is 8.73. The molecule has 16 heteroatoms. The summed E-state index contributed by atoms with van der Waals surface area (Å²) in [6, 6.07) is 0. The highest BCUT2D eigenvalue weighted by Gasteiger charge is 2.23. The highest BCUT2D eigenvalue weighted by molar-refractivity contribution is 5.70. The van der Waals surface area contributed by atoms with Gasteiger partial charge in [-0.3, -0.25) is 10.1 Å². The van der Waals surface area contributed by atoms with Gasteiger partial charge in [0.25, 0.3) is 0 Å². The molecule has 102 valence electrons. The second kappa shape index (κ2) is 4.73. The number of hydrogen-bond donors (Lipinski definition) is 0. The molecule has 0 aliphatic rings. The minimum absolute atomic E-state index is 0.333. The largest absolute Gasteiger partial charge is 0.361 e. The lowest BCUT2D eigenvalue weighted by Gasteiger charge is -2.09. The zero-order valence-electron chi connectivity index (χ0n) is 8.34. The van der Waals surface area contributed by atoms with E-state index in [1.165, 1.54) is 0 Å². The highest BCUT2D eigenvalue weighted by Crippen LogP contribution is 2.40. The van der Waals surface area contributed by atoms with Crippen LogP contribution in [0.5, 0.6) is 0 Å². The number of aromatic nitrogens is 2. The number of rotatable bonds is 6. The molecule has 0 spiro atoms. The van der Waals surface area contributed by atoms with E-state index in [2.05, 4.69) is 16.1 Å². The summed E-state index contributed by atoms with van der Waals surface area (Å²) >= 11 is 0. The van der Waals surface area contributed by atoms with Crippen molar-refractivity contribution in [3.63, 3.8) is 0 Å². The maximum Gasteiger partial charge on any atom is 0.330 e. The molecular formula is C3N8O8-2. The van der Waals surface area contributed by atoms with Gasteiger partial charge in [0.2, 0.25) is 0 Å². The fraction of sp³-hybridized carbons (Fsp3) is 0. The molecule has 0 bridgehead atoms. The Morgan fingerprint density at radius 3 is 1.89 bits per heavy atom. The van der Waals surface area contributed by atoms with Crippen molar-refractivity contribution in [3.8, 4) is 0 Å². The van der Waals surface area contributed by atoms with Gasteiger partial charge in [-0.1, -0.05) is 10.5 Å². The molecule has 0 amide bonds. The average molecular weight is 276 g/mol. The smallest absolute Gasteiger partial charge is 0.330 e. The summed E-state index contributed by atoms with van der Waals surface area (Å²) in [6.45, 7) is 0. The number of nitrogens with zero attached hydrogens (tertiary/aromatic N) is 8. The van der Waals surface area contributed by atoms with Crippen LogP contribution in [0, 0.1) is 40.5 Å². The lowest BCUT2D eigenvalue weighted by Crippen LogP contribution is -2.06. The number of nitro groups is 4. The van der Waals surface area contributed by atoms with Crippen LogP contribution in [-0.2, 0) is 0 Å². The van der Waals surface area contributed by atoms with E-state index in [1.54, 1.807) is 0 Å². The predicted octanol–water partition coefficient (Wildman–Crippen LogP) is 0.225. The molecule has 0 aliphatic heterocycles. The van der Waals surface area contributed by atoms with Crippen LogP contribution >= 0.6 is 0 Å². The summed E-state index contributed by atoms with van der Waals surface area (Å²) < 4.78 is 0. The molecule has 0 fully saturated rings. The molecule has 1 rings (SSSR count).